The van der Waals surface area contributed by atoms with Crippen LogP contribution in [0.2, 0.25) is 0 Å². The summed E-state index contributed by atoms with van der Waals surface area (Å²) in [6, 6.07) is 3.34. The summed E-state index contributed by atoms with van der Waals surface area (Å²) < 4.78 is 42.8. The van der Waals surface area contributed by atoms with E-state index < -0.39 is 31.3 Å². The van der Waals surface area contributed by atoms with E-state index in [-0.39, 0.29) is 15.5 Å². The molecule has 10 heteroatoms. The molecule has 2 rings (SSSR count). The van der Waals surface area contributed by atoms with Crippen LogP contribution < -0.4 is 0 Å². The zero-order chi connectivity index (χ0) is 19.3. The van der Waals surface area contributed by atoms with Crippen molar-refractivity contribution >= 4 is 23.3 Å². The van der Waals surface area contributed by atoms with Crippen LogP contribution in [0.5, 0.6) is 0 Å². The minimum atomic E-state index is -4.80. The van der Waals surface area contributed by atoms with Crippen molar-refractivity contribution in [2.75, 3.05) is 13.2 Å². The summed E-state index contributed by atoms with van der Waals surface area (Å²) in [5, 5.41) is 0.392. The first-order valence-corrected chi connectivity index (χ1v) is 7.91. The molecule has 136 valence electrons. The number of hydrogen-bond acceptors (Lipinski definition) is 6. The summed E-state index contributed by atoms with van der Waals surface area (Å²) in [5.74, 6) is 0.795. The Hall–Kier alpha value is -2.93. The number of hydrogen-bond donors (Lipinski definition) is 0. The molecule has 0 saturated carbocycles. The number of aryl methyl sites for hydroxylation is 1. The Bertz CT molecular complexity index is 844. The maximum atomic E-state index is 12.8. The van der Waals surface area contributed by atoms with Crippen LogP contribution >= 0.6 is 11.3 Å². The number of pyridine rings is 1. The molecule has 2 aromatic heterocycles. The minimum absolute atomic E-state index is 0.0368. The molecule has 0 aliphatic carbocycles. The molecule has 0 fully saturated rings. The molecule has 2 amide bonds. The van der Waals surface area contributed by atoms with Gasteiger partial charge in [0.15, 0.2) is 6.61 Å². The van der Waals surface area contributed by atoms with Crippen molar-refractivity contribution in [3.05, 3.63) is 35.1 Å². The quantitative estimate of drug-likeness (QED) is 0.758. The van der Waals surface area contributed by atoms with Crippen LogP contribution in [-0.2, 0) is 4.74 Å². The average Bonchev–Trinajstić information content (AvgIpc) is 2.99. The lowest BCUT2D eigenvalue weighted by Crippen LogP contribution is -2.43. The van der Waals surface area contributed by atoms with E-state index in [0.29, 0.717) is 10.6 Å². The number of imide groups is 1. The molecule has 0 unspecified atom stereocenters. The number of terminal acetylenes is 1. The largest absolute Gasteiger partial charge is 0.436 e. The van der Waals surface area contributed by atoms with E-state index in [2.05, 4.69) is 14.7 Å². The van der Waals surface area contributed by atoms with Crippen molar-refractivity contribution < 1.29 is 27.5 Å². The second-order valence-electron chi connectivity index (χ2n) is 4.94. The fraction of sp³-hybridized carbons (Fsp3) is 0.250. The normalized spacial score (nSPS) is 10.9. The maximum absolute atomic E-state index is 12.8. The standard InChI is InChI=1S/C16H12F3N3O3S/c1-3-7-25-15(24)22(9-16(17,18)19)14(23)12-10(2)21-13(26-12)11-5-4-6-20-8-11/h1,4-6,8H,7,9H2,2H3. The Balaban J connectivity index is 2.34. The predicted octanol–water partition coefficient (Wildman–Crippen LogP) is 3.29. The number of ether oxygens (including phenoxy) is 1. The molecule has 0 atom stereocenters. The van der Waals surface area contributed by atoms with E-state index in [1.807, 2.05) is 5.92 Å². The van der Waals surface area contributed by atoms with Crippen molar-refractivity contribution in [2.24, 2.45) is 0 Å². The Morgan fingerprint density at radius 1 is 1.42 bits per heavy atom. The first-order valence-electron chi connectivity index (χ1n) is 7.09. The van der Waals surface area contributed by atoms with Gasteiger partial charge in [-0.15, -0.1) is 17.8 Å². The summed E-state index contributed by atoms with van der Waals surface area (Å²) >= 11 is 0.859. The molecular weight excluding hydrogens is 371 g/mol. The Morgan fingerprint density at radius 3 is 2.73 bits per heavy atom. The van der Waals surface area contributed by atoms with Gasteiger partial charge >= 0.3 is 12.3 Å². The Morgan fingerprint density at radius 2 is 2.15 bits per heavy atom. The van der Waals surface area contributed by atoms with E-state index >= 15 is 0 Å². The van der Waals surface area contributed by atoms with Crippen LogP contribution in [0.1, 0.15) is 15.4 Å². The topological polar surface area (TPSA) is 72.4 Å². The number of carbonyl (C=O) groups is 2. The van der Waals surface area contributed by atoms with Gasteiger partial charge in [0.05, 0.1) is 5.69 Å². The monoisotopic (exact) mass is 383 g/mol. The Labute approximate surface area is 150 Å². The van der Waals surface area contributed by atoms with Gasteiger partial charge in [0.1, 0.15) is 16.4 Å². The molecular formula is C16H12F3N3O3S. The predicted molar refractivity (Wildman–Crippen MR) is 87.4 cm³/mol. The van der Waals surface area contributed by atoms with E-state index in [0.717, 1.165) is 11.3 Å². The van der Waals surface area contributed by atoms with Crippen LogP contribution in [0.15, 0.2) is 24.5 Å². The number of aromatic nitrogens is 2. The lowest BCUT2D eigenvalue weighted by atomic mass is 10.3. The maximum Gasteiger partial charge on any atom is 0.418 e. The van der Waals surface area contributed by atoms with Crippen molar-refractivity contribution in [2.45, 2.75) is 13.1 Å². The number of amides is 2. The number of thiazole rings is 1. The number of carbonyl (C=O) groups excluding carboxylic acids is 2. The third-order valence-electron chi connectivity index (χ3n) is 2.98. The van der Waals surface area contributed by atoms with E-state index in [9.17, 15) is 22.8 Å². The highest BCUT2D eigenvalue weighted by Gasteiger charge is 2.38. The number of halogens is 3. The molecule has 2 heterocycles. The molecule has 0 aromatic carbocycles. The lowest BCUT2D eigenvalue weighted by molar-refractivity contribution is -0.138. The smallest absolute Gasteiger partial charge is 0.418 e. The first kappa shape index (κ1) is 19.4. The zero-order valence-electron chi connectivity index (χ0n) is 13.4. The van der Waals surface area contributed by atoms with Gasteiger partial charge in [0, 0.05) is 18.0 Å². The van der Waals surface area contributed by atoms with Gasteiger partial charge in [-0.05, 0) is 19.1 Å². The van der Waals surface area contributed by atoms with Gasteiger partial charge in [-0.2, -0.15) is 13.2 Å². The lowest BCUT2D eigenvalue weighted by Gasteiger charge is -2.20. The fourth-order valence-corrected chi connectivity index (χ4v) is 2.92. The van der Waals surface area contributed by atoms with Crippen LogP contribution in [0.4, 0.5) is 18.0 Å². The number of nitrogens with zero attached hydrogens (tertiary/aromatic N) is 3. The molecule has 26 heavy (non-hydrogen) atoms. The first-order chi connectivity index (χ1) is 12.2. The van der Waals surface area contributed by atoms with Crippen LogP contribution in [0, 0.1) is 19.3 Å². The highest BCUT2D eigenvalue weighted by molar-refractivity contribution is 7.17. The molecule has 0 radical (unpaired) electrons. The van der Waals surface area contributed by atoms with Crippen LogP contribution in [-0.4, -0.2) is 46.2 Å². The fourth-order valence-electron chi connectivity index (χ4n) is 1.91. The van der Waals surface area contributed by atoms with Crippen molar-refractivity contribution in [1.29, 1.82) is 0 Å². The van der Waals surface area contributed by atoms with Gasteiger partial charge < -0.3 is 4.74 Å². The molecule has 2 aromatic rings. The third kappa shape index (κ3) is 4.80. The number of rotatable bonds is 4. The van der Waals surface area contributed by atoms with Crippen LogP contribution in [0.3, 0.4) is 0 Å². The van der Waals surface area contributed by atoms with Gasteiger partial charge in [-0.25, -0.2) is 14.7 Å². The van der Waals surface area contributed by atoms with Crippen molar-refractivity contribution in [3.63, 3.8) is 0 Å². The van der Waals surface area contributed by atoms with E-state index in [1.165, 1.54) is 13.1 Å². The summed E-state index contributed by atoms with van der Waals surface area (Å²) in [6.45, 7) is -0.889. The minimum Gasteiger partial charge on any atom is -0.436 e. The van der Waals surface area contributed by atoms with Crippen molar-refractivity contribution in [3.8, 4) is 22.9 Å². The molecule has 6 nitrogen and oxygen atoms in total. The van der Waals surface area contributed by atoms with E-state index in [4.69, 9.17) is 6.42 Å². The second kappa shape index (κ2) is 7.97. The molecule has 0 spiro atoms. The third-order valence-corrected chi connectivity index (χ3v) is 4.18. The molecule has 0 saturated heterocycles. The summed E-state index contributed by atoms with van der Waals surface area (Å²) in [7, 11) is 0. The molecule has 0 aliphatic rings. The molecule has 0 bridgehead atoms. The van der Waals surface area contributed by atoms with Gasteiger partial charge in [0.2, 0.25) is 0 Å². The highest BCUT2D eigenvalue weighted by atomic mass is 32.1. The second-order valence-corrected chi connectivity index (χ2v) is 5.94. The summed E-state index contributed by atoms with van der Waals surface area (Å²) in [5.41, 5.74) is 0.785. The summed E-state index contributed by atoms with van der Waals surface area (Å²) in [6.07, 6.45) is 1.69. The SMILES string of the molecule is C#CCOC(=O)N(CC(F)(F)F)C(=O)c1sc(-c2cccnc2)nc1C. The number of alkyl halides is 3. The van der Waals surface area contributed by atoms with Crippen LogP contribution in [0.25, 0.3) is 10.6 Å². The average molecular weight is 383 g/mol. The molecule has 0 N–H and O–H groups in total. The zero-order valence-corrected chi connectivity index (χ0v) is 14.2. The Kier molecular flexibility index (Phi) is 5.94. The highest BCUT2D eigenvalue weighted by Crippen LogP contribution is 2.29. The van der Waals surface area contributed by atoms with Gasteiger partial charge in [-0.3, -0.25) is 9.78 Å². The van der Waals surface area contributed by atoms with E-state index in [1.54, 1.807) is 18.3 Å². The van der Waals surface area contributed by atoms with Crippen molar-refractivity contribution in [1.82, 2.24) is 14.9 Å². The van der Waals surface area contributed by atoms with Gasteiger partial charge in [-0.1, -0.05) is 5.92 Å². The summed E-state index contributed by atoms with van der Waals surface area (Å²) in [4.78, 5) is 32.3. The van der Waals surface area contributed by atoms with Gasteiger partial charge in [0.25, 0.3) is 5.91 Å². The molecule has 0 aliphatic heterocycles.